The number of ether oxygens (including phenoxy) is 3. The fraction of sp³-hybridized carbons (Fsp3) is 0.521. The van der Waals surface area contributed by atoms with Crippen LogP contribution >= 0.6 is 38.6 Å². The van der Waals surface area contributed by atoms with Gasteiger partial charge in [0.2, 0.25) is 31.4 Å². The van der Waals surface area contributed by atoms with E-state index >= 15 is 0 Å². The second-order valence-corrected chi connectivity index (χ2v) is 35.4. The van der Waals surface area contributed by atoms with Crippen molar-refractivity contribution in [2.45, 2.75) is 168 Å². The van der Waals surface area contributed by atoms with E-state index in [2.05, 4.69) is 159 Å². The minimum absolute atomic E-state index is 0. The molecule has 134 heavy (non-hydrogen) atoms. The highest BCUT2D eigenvalue weighted by Crippen LogP contribution is 2.42. The van der Waals surface area contributed by atoms with Crippen LogP contribution in [0.1, 0.15) is 102 Å². The third-order valence-electron chi connectivity index (χ3n) is 26.8. The smallest absolute Gasteiger partial charge is 0.421 e. The molecule has 38 heteroatoms. The average Bonchev–Trinajstić information content (AvgIpc) is 0.862. The Morgan fingerprint density at radius 3 is 1.21 bits per heavy atom. The number of anilines is 6. The molecule has 16 rings (SSSR count). The summed E-state index contributed by atoms with van der Waals surface area (Å²) in [4.78, 5) is 102. The highest BCUT2D eigenvalue weighted by molar-refractivity contribution is 7.59. The van der Waals surface area contributed by atoms with E-state index in [4.69, 9.17) is 75.4 Å². The largest absolute Gasteiger partial charge is 0.462 e. The number of halogens is 9. The van der Waals surface area contributed by atoms with Crippen molar-refractivity contribution in [2.24, 2.45) is 0 Å². The fourth-order valence-corrected chi connectivity index (χ4v) is 19.4. The molecular formula is C96H120ClF8N21O6S2. The monoisotopic (exact) mass is 1910 g/mol. The van der Waals surface area contributed by atoms with Gasteiger partial charge in [-0.15, -0.1) is 0 Å². The molecule has 0 N–H and O–H groups in total. The maximum absolute atomic E-state index is 13.3. The maximum Gasteiger partial charge on any atom is 0.421 e. The molecule has 12 heterocycles. The van der Waals surface area contributed by atoms with Gasteiger partial charge in [-0.05, 0) is 184 Å². The molecule has 0 unspecified atom stereocenters. The van der Waals surface area contributed by atoms with Gasteiger partial charge in [0.15, 0.2) is 0 Å². The van der Waals surface area contributed by atoms with Crippen LogP contribution in [0.5, 0.6) is 18.0 Å². The Kier molecular flexibility index (Phi) is 35.5. The molecule has 0 radical (unpaired) electrons. The second kappa shape index (κ2) is 46.0. The number of aromatic nitrogens is 6. The molecule has 9 aliphatic rings. The zero-order chi connectivity index (χ0) is 93.1. The zero-order valence-corrected chi connectivity index (χ0v) is 78.8. The molecule has 0 spiro atoms. The van der Waals surface area contributed by atoms with Crippen molar-refractivity contribution >= 4 is 102 Å². The Balaban J connectivity index is 0.000000191. The Hall–Kier alpha value is -11.0. The number of alkyl halides is 8. The first kappa shape index (κ1) is 103. The van der Waals surface area contributed by atoms with E-state index in [9.17, 15) is 49.5 Å². The van der Waals surface area contributed by atoms with Crippen LogP contribution in [0.2, 0.25) is 5.02 Å². The van der Waals surface area contributed by atoms with Gasteiger partial charge in [0.25, 0.3) is 12.3 Å². The van der Waals surface area contributed by atoms with Crippen LogP contribution in [-0.2, 0) is 53.3 Å². The summed E-state index contributed by atoms with van der Waals surface area (Å²) < 4.78 is 122. The number of hydrogen-bond acceptors (Lipinski definition) is 21. The SMILES string of the molecule is C.S.S.[C-]#[N+]C[C@H]1CN(c2nc(OC[C@@H]3CCCN3C)nc3c2CCN(c2cccc(C)c2C)C3)CCN1C(=O)/C=C/C(F)(F)F.[C-]#[N+]C[C@H]1CN(c2nc(OC[C@@H]3CCCN3C)nc3c2CCN(c2cccc(C)c2C)C3)CCN1C(=O)C(=C)C(F)(F)F.[C-]#[N+]C[C@H]1CN(c2nc(OC[C@@H]3CCCN3C)nc3c2CCN(c2cccc4cccc(Cl)c24)C3)CCN1C(=O)/C=C/C(F)F. The van der Waals surface area contributed by atoms with Crippen molar-refractivity contribution < 1.29 is 63.7 Å². The number of nitrogens with zero attached hydrogens (tertiary/aromatic N) is 21. The fourth-order valence-electron chi connectivity index (χ4n) is 19.1. The third-order valence-corrected chi connectivity index (χ3v) is 27.1. The lowest BCUT2D eigenvalue weighted by atomic mass is 10.0. The predicted octanol–water partition coefficient (Wildman–Crippen LogP) is 14.3. The van der Waals surface area contributed by atoms with Crippen LogP contribution < -0.4 is 43.6 Å². The van der Waals surface area contributed by atoms with Crippen molar-refractivity contribution in [3.8, 4) is 18.0 Å². The van der Waals surface area contributed by atoms with Crippen LogP contribution in [0.15, 0.2) is 109 Å². The summed E-state index contributed by atoms with van der Waals surface area (Å²) in [6.45, 7) is 44.5. The topological polar surface area (TPSA) is 208 Å². The van der Waals surface area contributed by atoms with Crippen LogP contribution in [0.25, 0.3) is 25.3 Å². The van der Waals surface area contributed by atoms with Gasteiger partial charge in [0, 0.05) is 154 Å². The first-order chi connectivity index (χ1) is 62.8. The zero-order valence-electron chi connectivity index (χ0n) is 76.1. The number of allylic oxidation sites excluding steroid dienone is 2. The molecule has 720 valence electrons. The molecule has 7 aromatic rings. The normalized spacial score (nSPS) is 20.5. The number of carbonyl (C=O) groups excluding carboxylic acids is 3. The van der Waals surface area contributed by atoms with Gasteiger partial charge >= 0.3 is 30.4 Å². The number of piperazine rings is 3. The van der Waals surface area contributed by atoms with Gasteiger partial charge in [0.1, 0.15) is 61.0 Å². The minimum atomic E-state index is -4.83. The molecule has 0 saturated carbocycles. The number of likely N-dealkylation sites (tertiary alicyclic amines) is 3. The molecular weight excluding hydrogens is 1790 g/mol. The van der Waals surface area contributed by atoms with E-state index in [0.29, 0.717) is 125 Å². The van der Waals surface area contributed by atoms with Gasteiger partial charge in [-0.1, -0.05) is 74.1 Å². The lowest BCUT2D eigenvalue weighted by molar-refractivity contribution is -0.141. The highest BCUT2D eigenvalue weighted by Gasteiger charge is 2.45. The number of likely N-dealkylation sites (N-methyl/N-ethyl adjacent to an activating group) is 3. The summed E-state index contributed by atoms with van der Waals surface area (Å²) in [5.41, 5.74) is 12.4. The second-order valence-electron chi connectivity index (χ2n) is 35.0. The standard InChI is InChI=1S/C33H36ClF2N7O2.2C31H38F3N7O2.CH4.2H2S/c1-37-18-24-19-42(16-17-43(24)30(44)12-11-29(35)36)32-25-13-15-41(28-10-4-7-22-6-3-9-26(34)31(22)28)20-27(25)38-33(39-32)45-21-23-8-5-14-40(23)2;1-20-8-6-10-27(21(20)2)39-13-11-25-26(18-39)36-30(43-19-23-9-7-12-38(23)5)37-28(25)40-14-15-41(24(17-40)16-35-4)29(42)22(3)31(32,33)34;1-21-7-5-9-27(22(21)2)39-14-11-25-26(19-39)36-30(43-20-23-8-6-13-38(23)4)37-29(25)40-15-16-41(24(18-40)17-35-3)28(42)10-12-31(32,33)34;;;/h3-4,6-7,9-12,23-24,29H,5,8,13-21H2,2H3;6,8,10,23-24H,3,7,9,11-19H2,1-2,5H3;5,7,9-10,12,23-24H,6,8,11,13-20H2,1-2,4H3;1H4;2*1H2/b12-11+;;12-10+;;;/t3*23-,24-;;;/m000.../s1. The first-order valence-corrected chi connectivity index (χ1v) is 45.1. The van der Waals surface area contributed by atoms with Crippen molar-refractivity contribution in [1.29, 1.82) is 0 Å². The summed E-state index contributed by atoms with van der Waals surface area (Å²) in [7, 11) is 6.26. The first-order valence-electron chi connectivity index (χ1n) is 44.7. The Bertz CT molecular complexity index is 5520. The van der Waals surface area contributed by atoms with E-state index in [1.165, 1.54) is 32.1 Å². The predicted molar refractivity (Wildman–Crippen MR) is 515 cm³/mol. The highest BCUT2D eigenvalue weighted by atomic mass is 35.5. The summed E-state index contributed by atoms with van der Waals surface area (Å²) in [5.74, 6) is -0.313. The Labute approximate surface area is 798 Å². The third kappa shape index (κ3) is 24.6. The Morgan fingerprint density at radius 2 is 0.843 bits per heavy atom. The molecule has 6 fully saturated rings. The van der Waals surface area contributed by atoms with Gasteiger partial charge in [-0.25, -0.2) is 28.5 Å². The summed E-state index contributed by atoms with van der Waals surface area (Å²) >= 11 is 6.68. The quantitative estimate of drug-likeness (QED) is 0.0351. The van der Waals surface area contributed by atoms with E-state index in [-0.39, 0.29) is 117 Å². The van der Waals surface area contributed by atoms with Crippen LogP contribution in [-0.4, -0.2) is 291 Å². The van der Waals surface area contributed by atoms with Crippen molar-refractivity contribution in [3.63, 3.8) is 0 Å². The lowest BCUT2D eigenvalue weighted by Gasteiger charge is -2.41. The molecule has 0 aliphatic carbocycles. The average molecular weight is 1920 g/mol. The summed E-state index contributed by atoms with van der Waals surface area (Å²) in [6, 6.07) is 24.6. The van der Waals surface area contributed by atoms with Gasteiger partial charge < -0.3 is 87.5 Å². The summed E-state index contributed by atoms with van der Waals surface area (Å²) in [5, 5.41) is 2.77. The minimum Gasteiger partial charge on any atom is -0.462 e. The van der Waals surface area contributed by atoms with Gasteiger partial charge in [-0.3, -0.25) is 14.4 Å². The molecule has 3 amide bonds. The van der Waals surface area contributed by atoms with Crippen LogP contribution in [0.3, 0.4) is 0 Å². The molecule has 4 aromatic carbocycles. The molecule has 3 aromatic heterocycles. The van der Waals surface area contributed by atoms with Crippen LogP contribution in [0, 0.1) is 47.4 Å². The van der Waals surface area contributed by atoms with E-state index in [0.717, 1.165) is 156 Å². The number of aryl methyl sites for hydroxylation is 2. The number of carbonyl (C=O) groups is 3. The number of hydrogen-bond donors (Lipinski definition) is 0. The molecule has 6 atom stereocenters. The maximum atomic E-state index is 13.3. The van der Waals surface area contributed by atoms with Crippen molar-refractivity contribution in [1.82, 2.24) is 59.3 Å². The summed E-state index contributed by atoms with van der Waals surface area (Å²) in [6.07, 6.45) is -1.59. The Morgan fingerprint density at radius 1 is 0.485 bits per heavy atom. The molecule has 9 aliphatic heterocycles. The number of rotatable bonds is 22. The van der Waals surface area contributed by atoms with Crippen molar-refractivity contribution in [3.05, 3.63) is 205 Å². The van der Waals surface area contributed by atoms with Crippen LogP contribution in [0.4, 0.5) is 69.6 Å². The number of amides is 3. The lowest BCUT2D eigenvalue weighted by Crippen LogP contribution is -2.57. The van der Waals surface area contributed by atoms with Gasteiger partial charge in [-0.2, -0.15) is 83.2 Å². The van der Waals surface area contributed by atoms with Gasteiger partial charge in [0.05, 0.1) is 41.7 Å². The number of benzene rings is 4. The molecule has 6 saturated heterocycles. The molecule has 27 nitrogen and oxygen atoms in total. The van der Waals surface area contributed by atoms with E-state index < -0.39 is 60.2 Å². The van der Waals surface area contributed by atoms with E-state index in [1.807, 2.05) is 28.0 Å². The number of fused-ring (bicyclic) bond motifs is 4. The van der Waals surface area contributed by atoms with E-state index in [1.54, 1.807) is 0 Å². The molecule has 0 bridgehead atoms. The van der Waals surface area contributed by atoms with Crippen molar-refractivity contribution in [2.75, 3.05) is 188 Å².